The molecule has 8 nitrogen and oxygen atoms in total. The lowest BCUT2D eigenvalue weighted by Crippen LogP contribution is -2.58. The first kappa shape index (κ1) is 21.0. The molecule has 4 rings (SSSR count). The third-order valence-corrected chi connectivity index (χ3v) is 5.52. The fraction of sp³-hybridized carbons (Fsp3) is 0.600. The number of halogens is 2. The number of imidazole rings is 1. The van der Waals surface area contributed by atoms with Crippen molar-refractivity contribution in [2.24, 2.45) is 5.73 Å². The fourth-order valence-corrected chi connectivity index (χ4v) is 3.68. The molecular formula is C20H27F2N5O3. The van der Waals surface area contributed by atoms with Gasteiger partial charge in [0.25, 0.3) is 5.92 Å². The first-order chi connectivity index (χ1) is 14.3. The Labute approximate surface area is 173 Å². The second-order valence-corrected chi connectivity index (χ2v) is 8.08. The molecule has 1 saturated heterocycles. The molecule has 2 aromatic rings. The van der Waals surface area contributed by atoms with Crippen molar-refractivity contribution in [3.63, 3.8) is 0 Å². The molecule has 164 valence electrons. The van der Waals surface area contributed by atoms with E-state index in [0.717, 1.165) is 23.3 Å². The van der Waals surface area contributed by atoms with Crippen LogP contribution in [0.5, 0.6) is 0 Å². The quantitative estimate of drug-likeness (QED) is 0.605. The van der Waals surface area contributed by atoms with E-state index in [2.05, 4.69) is 15.3 Å². The topological polar surface area (TPSA) is 106 Å². The van der Waals surface area contributed by atoms with Crippen molar-refractivity contribution < 1.29 is 23.0 Å². The van der Waals surface area contributed by atoms with Crippen molar-refractivity contribution in [1.82, 2.24) is 20.2 Å². The lowest BCUT2D eigenvalue weighted by molar-refractivity contribution is -0.0509. The molecule has 1 saturated carbocycles. The van der Waals surface area contributed by atoms with E-state index >= 15 is 0 Å². The van der Waals surface area contributed by atoms with Crippen LogP contribution in [-0.4, -0.2) is 65.8 Å². The number of H-pyrrole nitrogens is 1. The van der Waals surface area contributed by atoms with Gasteiger partial charge in [-0.05, 0) is 37.5 Å². The Hall–Kier alpha value is -2.30. The molecule has 30 heavy (non-hydrogen) atoms. The molecule has 2 fully saturated rings. The van der Waals surface area contributed by atoms with Crippen LogP contribution in [-0.2, 0) is 9.47 Å². The normalized spacial score (nSPS) is 22.0. The number of benzene rings is 1. The minimum Gasteiger partial charge on any atom is -0.382 e. The summed E-state index contributed by atoms with van der Waals surface area (Å²) in [6, 6.07) is 3.74. The van der Waals surface area contributed by atoms with Crippen LogP contribution in [0.15, 0.2) is 18.2 Å². The summed E-state index contributed by atoms with van der Waals surface area (Å²) in [6.07, 6.45) is 2.22. The number of carbonyl (C=O) groups is 1. The summed E-state index contributed by atoms with van der Waals surface area (Å²) < 4.78 is 38.9. The number of carbonyl (C=O) groups excluding carboxylic acids is 1. The predicted molar refractivity (Wildman–Crippen MR) is 106 cm³/mol. The van der Waals surface area contributed by atoms with Gasteiger partial charge in [0.1, 0.15) is 5.82 Å². The van der Waals surface area contributed by atoms with Gasteiger partial charge < -0.3 is 30.4 Å². The first-order valence-electron chi connectivity index (χ1n) is 10.1. The molecule has 0 unspecified atom stereocenters. The maximum absolute atomic E-state index is 13.9. The minimum absolute atomic E-state index is 0.0814. The molecule has 10 heteroatoms. The van der Waals surface area contributed by atoms with Crippen LogP contribution < -0.4 is 11.1 Å². The molecular weight excluding hydrogens is 396 g/mol. The Kier molecular flexibility index (Phi) is 5.65. The number of amides is 2. The summed E-state index contributed by atoms with van der Waals surface area (Å²) in [6.45, 7) is 0.670. The molecule has 1 aliphatic heterocycles. The van der Waals surface area contributed by atoms with Crippen molar-refractivity contribution in [2.75, 3.05) is 26.8 Å². The summed E-state index contributed by atoms with van der Waals surface area (Å²) in [4.78, 5) is 21.2. The van der Waals surface area contributed by atoms with Gasteiger partial charge in [0.15, 0.2) is 0 Å². The number of aromatic amines is 1. The van der Waals surface area contributed by atoms with Gasteiger partial charge in [-0.25, -0.2) is 18.6 Å². The van der Waals surface area contributed by atoms with Gasteiger partial charge in [0.05, 0.1) is 55.0 Å². The first-order valence-corrected chi connectivity index (χ1v) is 10.1. The molecule has 0 bridgehead atoms. The van der Waals surface area contributed by atoms with Crippen LogP contribution in [0.1, 0.15) is 43.2 Å². The largest absolute Gasteiger partial charge is 0.382 e. The minimum atomic E-state index is -3.01. The van der Waals surface area contributed by atoms with E-state index in [4.69, 9.17) is 15.2 Å². The maximum Gasteiger partial charge on any atom is 0.318 e. The zero-order valence-electron chi connectivity index (χ0n) is 17.0. The summed E-state index contributed by atoms with van der Waals surface area (Å²) in [7, 11) is 1.47. The zero-order valence-corrected chi connectivity index (χ0v) is 17.0. The van der Waals surface area contributed by atoms with Crippen molar-refractivity contribution in [2.45, 2.75) is 50.0 Å². The van der Waals surface area contributed by atoms with Crippen LogP contribution in [0, 0.1) is 0 Å². The lowest BCUT2D eigenvalue weighted by Gasteiger charge is -2.38. The average molecular weight is 423 g/mol. The Morgan fingerprint density at radius 1 is 1.40 bits per heavy atom. The van der Waals surface area contributed by atoms with Gasteiger partial charge in [0.2, 0.25) is 0 Å². The fourth-order valence-electron chi connectivity index (χ4n) is 3.68. The van der Waals surface area contributed by atoms with E-state index in [1.54, 1.807) is 12.1 Å². The van der Waals surface area contributed by atoms with E-state index < -0.39 is 37.1 Å². The Morgan fingerprint density at radius 3 is 2.87 bits per heavy atom. The van der Waals surface area contributed by atoms with Crippen molar-refractivity contribution in [3.05, 3.63) is 29.6 Å². The highest BCUT2D eigenvalue weighted by Crippen LogP contribution is 2.31. The summed E-state index contributed by atoms with van der Waals surface area (Å²) in [5.41, 5.74) is 8.38. The highest BCUT2D eigenvalue weighted by molar-refractivity contribution is 5.78. The molecule has 1 aromatic carbocycles. The number of hydrogen-bond donors (Lipinski definition) is 3. The summed E-state index contributed by atoms with van der Waals surface area (Å²) >= 11 is 0. The second-order valence-electron chi connectivity index (χ2n) is 8.08. The number of methoxy groups -OCH3 is 1. The van der Waals surface area contributed by atoms with Gasteiger partial charge in [-0.2, -0.15) is 0 Å². The van der Waals surface area contributed by atoms with Crippen molar-refractivity contribution >= 4 is 17.1 Å². The molecule has 3 atom stereocenters. The summed E-state index contributed by atoms with van der Waals surface area (Å²) in [5, 5.41) is 2.25. The van der Waals surface area contributed by atoms with Gasteiger partial charge in [-0.1, -0.05) is 6.07 Å². The number of ether oxygens (including phenoxy) is 2. The maximum atomic E-state index is 13.9. The number of urea groups is 1. The SMILES string of the molecule is COC[C@H](c1ccc2[nH]c([C@@H](N)[C@@H](C)OC3CC3)nc2c1)N1CC(F)(F)CNC1=O. The third kappa shape index (κ3) is 4.40. The summed E-state index contributed by atoms with van der Waals surface area (Å²) in [5.74, 6) is -2.41. The molecule has 0 radical (unpaired) electrons. The Bertz CT molecular complexity index is 917. The van der Waals surface area contributed by atoms with E-state index in [1.807, 2.05) is 13.0 Å². The number of nitrogens with two attached hydrogens (primary N) is 1. The molecule has 4 N–H and O–H groups in total. The zero-order chi connectivity index (χ0) is 21.5. The standard InChI is InChI=1S/C20H27F2N5O3/c1-11(30-13-4-5-13)17(23)18-25-14-6-3-12(7-15(14)26-18)16(8-29-2)27-10-20(21,22)9-24-19(27)28/h3,6-7,11,13,16-17H,4-5,8-10,23H2,1-2H3,(H,24,28)(H,25,26)/t11-,16-,17+/m1/s1. The lowest BCUT2D eigenvalue weighted by atomic mass is 10.0. The van der Waals surface area contributed by atoms with Crippen LogP contribution >= 0.6 is 0 Å². The predicted octanol–water partition coefficient (Wildman–Crippen LogP) is 2.48. The van der Waals surface area contributed by atoms with Gasteiger partial charge >= 0.3 is 6.03 Å². The van der Waals surface area contributed by atoms with E-state index in [-0.39, 0.29) is 18.8 Å². The highest BCUT2D eigenvalue weighted by atomic mass is 19.3. The molecule has 2 amide bonds. The van der Waals surface area contributed by atoms with Gasteiger partial charge in [-0.15, -0.1) is 0 Å². The van der Waals surface area contributed by atoms with Gasteiger partial charge in [0, 0.05) is 7.11 Å². The number of rotatable bonds is 8. The second kappa shape index (κ2) is 8.09. The van der Waals surface area contributed by atoms with Crippen LogP contribution in [0.2, 0.25) is 0 Å². The number of alkyl halides is 2. The number of nitrogens with one attached hydrogen (secondary N) is 2. The van der Waals surface area contributed by atoms with E-state index in [0.29, 0.717) is 16.9 Å². The number of nitrogens with zero attached hydrogens (tertiary/aromatic N) is 2. The molecule has 1 aliphatic carbocycles. The highest BCUT2D eigenvalue weighted by Gasteiger charge is 2.42. The molecule has 2 aliphatic rings. The molecule has 2 heterocycles. The average Bonchev–Trinajstić information content (AvgIpc) is 3.42. The van der Waals surface area contributed by atoms with Crippen molar-refractivity contribution in [3.8, 4) is 0 Å². The number of fused-ring (bicyclic) bond motifs is 1. The van der Waals surface area contributed by atoms with Gasteiger partial charge in [-0.3, -0.25) is 0 Å². The van der Waals surface area contributed by atoms with E-state index in [1.165, 1.54) is 7.11 Å². The smallest absolute Gasteiger partial charge is 0.318 e. The number of aromatic nitrogens is 2. The van der Waals surface area contributed by atoms with E-state index in [9.17, 15) is 13.6 Å². The monoisotopic (exact) mass is 423 g/mol. The third-order valence-electron chi connectivity index (χ3n) is 5.52. The Balaban J connectivity index is 1.59. The number of hydrogen-bond acceptors (Lipinski definition) is 5. The van der Waals surface area contributed by atoms with Crippen molar-refractivity contribution in [1.29, 1.82) is 0 Å². The van der Waals surface area contributed by atoms with Crippen LogP contribution in [0.4, 0.5) is 13.6 Å². The van der Waals surface area contributed by atoms with Crippen LogP contribution in [0.3, 0.4) is 0 Å². The van der Waals surface area contributed by atoms with Crippen LogP contribution in [0.25, 0.3) is 11.0 Å². The molecule has 1 aromatic heterocycles. The Morgan fingerprint density at radius 2 is 2.17 bits per heavy atom. The molecule has 0 spiro atoms.